The van der Waals surface area contributed by atoms with Crippen LogP contribution in [0.5, 0.6) is 0 Å². The molecule has 0 bridgehead atoms. The van der Waals surface area contributed by atoms with Gasteiger partial charge in [-0.2, -0.15) is 4.98 Å². The lowest BCUT2D eigenvalue weighted by Crippen LogP contribution is -1.94. The van der Waals surface area contributed by atoms with Crippen LogP contribution in [0.4, 0.5) is 0 Å². The molecule has 15 heavy (non-hydrogen) atoms. The second-order valence-electron chi connectivity index (χ2n) is 3.08. The molecule has 0 radical (unpaired) electrons. The molecule has 0 fully saturated rings. The van der Waals surface area contributed by atoms with Crippen molar-refractivity contribution in [2.45, 2.75) is 6.92 Å². The molecule has 0 unspecified atom stereocenters. The normalized spacial score (nSPS) is 10.6. The molecule has 0 aliphatic rings. The van der Waals surface area contributed by atoms with Gasteiger partial charge in [-0.1, -0.05) is 11.6 Å². The summed E-state index contributed by atoms with van der Waals surface area (Å²) in [5, 5.41) is 0.470. The molecule has 1 heterocycles. The summed E-state index contributed by atoms with van der Waals surface area (Å²) in [6.07, 6.45) is 0. The summed E-state index contributed by atoms with van der Waals surface area (Å²) in [4.78, 5) is 19.3. The van der Waals surface area contributed by atoms with Crippen LogP contribution in [-0.4, -0.2) is 15.8 Å². The van der Waals surface area contributed by atoms with Crippen LogP contribution in [0.1, 0.15) is 17.3 Å². The van der Waals surface area contributed by atoms with Crippen molar-refractivity contribution in [3.63, 3.8) is 0 Å². The molecule has 0 aliphatic carbocycles. The molecule has 2 aromatic rings. The number of halogens is 2. The molecule has 0 saturated carbocycles. The lowest BCUT2D eigenvalue weighted by molar-refractivity contribution is -0.296. The number of benzene rings is 1. The topological polar surface area (TPSA) is 42.9 Å². The minimum Gasteiger partial charge on any atom is -0.295 e. The third-order valence-corrected chi connectivity index (χ3v) is 2.66. The summed E-state index contributed by atoms with van der Waals surface area (Å²) < 4.78 is 0. The first-order valence-electron chi connectivity index (χ1n) is 4.23. The van der Waals surface area contributed by atoms with Gasteiger partial charge >= 0.3 is 5.15 Å². The Balaban J connectivity index is 2.72. The number of carbonyl (C=O) groups excluding carboxylic acids is 1. The predicted octanol–water partition coefficient (Wildman–Crippen LogP) is 2.18. The van der Waals surface area contributed by atoms with Crippen LogP contribution in [0.15, 0.2) is 18.2 Å². The molecule has 0 N–H and O–H groups in total. The molecule has 76 valence electrons. The van der Waals surface area contributed by atoms with Gasteiger partial charge in [0, 0.05) is 5.56 Å². The number of fused-ring (bicyclic) bond motifs is 1. The van der Waals surface area contributed by atoms with E-state index in [1.165, 1.54) is 6.92 Å². The number of carbonyl (C=O) groups is 1. The standard InChI is InChI=1S/C10H7Cl2N2O/c1-5(15)6-2-3-7-8(4-6)14-10(12)9(11)13-7/h2-4,11H,1H3/q+1. The Bertz CT molecular complexity index is 554. The molecule has 0 aliphatic heterocycles. The molecule has 0 atom stereocenters. The fourth-order valence-corrected chi connectivity index (χ4v) is 1.51. The van der Waals surface area contributed by atoms with Crippen LogP contribution in [0.2, 0.25) is 10.3 Å². The summed E-state index contributed by atoms with van der Waals surface area (Å²) in [5.74, 6) is -0.0164. The van der Waals surface area contributed by atoms with E-state index in [1.807, 2.05) is 0 Å². The number of ketones is 1. The predicted molar refractivity (Wildman–Crippen MR) is 55.1 cm³/mol. The van der Waals surface area contributed by atoms with Crippen molar-refractivity contribution in [2.24, 2.45) is 0 Å². The first-order chi connectivity index (χ1) is 7.08. The van der Waals surface area contributed by atoms with Gasteiger partial charge in [0.1, 0.15) is 0 Å². The highest BCUT2D eigenvalue weighted by Gasteiger charge is 2.11. The average Bonchev–Trinajstić information content (AvgIpc) is 2.19. The highest BCUT2D eigenvalue weighted by atomic mass is 35.5. The largest absolute Gasteiger partial charge is 0.356 e. The molecular formula is C10H7Cl2N2O+. The zero-order valence-electron chi connectivity index (χ0n) is 7.82. The molecule has 1 aromatic heterocycles. The Labute approximate surface area is 96.1 Å². The van der Waals surface area contributed by atoms with E-state index < -0.39 is 0 Å². The molecule has 0 amide bonds. The zero-order chi connectivity index (χ0) is 11.0. The summed E-state index contributed by atoms with van der Waals surface area (Å²) >= 11 is 10.6. The van der Waals surface area contributed by atoms with Gasteiger partial charge in [0.05, 0.1) is 11.0 Å². The Morgan fingerprint density at radius 1 is 1.33 bits per heavy atom. The van der Waals surface area contributed by atoms with E-state index >= 15 is 0 Å². The van der Waals surface area contributed by atoms with Gasteiger partial charge in [-0.25, -0.2) is 4.98 Å². The van der Waals surface area contributed by atoms with E-state index in [0.29, 0.717) is 16.6 Å². The molecule has 0 saturated heterocycles. The first kappa shape index (κ1) is 10.3. The van der Waals surface area contributed by atoms with E-state index in [2.05, 4.69) is 9.97 Å². The molecule has 1 aromatic carbocycles. The van der Waals surface area contributed by atoms with E-state index in [1.54, 1.807) is 18.2 Å². The van der Waals surface area contributed by atoms with Gasteiger partial charge in [0.25, 0.3) is 0 Å². The highest BCUT2D eigenvalue weighted by molar-refractivity contribution is 6.30. The lowest BCUT2D eigenvalue weighted by Gasteiger charge is -1.98. The van der Waals surface area contributed by atoms with Crippen molar-refractivity contribution >= 4 is 28.4 Å². The Hall–Kier alpha value is -1.19. The summed E-state index contributed by atoms with van der Waals surface area (Å²) in [7, 11) is 0. The van der Waals surface area contributed by atoms with Crippen molar-refractivity contribution in [1.82, 2.24) is 9.97 Å². The summed E-state index contributed by atoms with van der Waals surface area (Å²) in [6, 6.07) is 5.07. The van der Waals surface area contributed by atoms with Gasteiger partial charge in [-0.05, 0) is 25.1 Å². The van der Waals surface area contributed by atoms with Crippen molar-refractivity contribution in [3.8, 4) is 0 Å². The minimum absolute atomic E-state index is 0.0164. The molecule has 0 spiro atoms. The van der Waals surface area contributed by atoms with Crippen LogP contribution in [0.25, 0.3) is 11.0 Å². The number of hydrogen-bond acceptors (Lipinski definition) is 3. The van der Waals surface area contributed by atoms with Crippen LogP contribution in [0.3, 0.4) is 0 Å². The monoisotopic (exact) mass is 241 g/mol. The highest BCUT2D eigenvalue weighted by Crippen LogP contribution is 2.18. The van der Waals surface area contributed by atoms with Crippen LogP contribution >= 0.6 is 11.6 Å². The number of nitrogens with zero attached hydrogens (tertiary/aromatic N) is 2. The van der Waals surface area contributed by atoms with Crippen LogP contribution in [-0.2, 0) is 0 Å². The van der Waals surface area contributed by atoms with E-state index in [9.17, 15) is 4.79 Å². The number of Topliss-reactive ketones (excluding diaryl/α,β-unsaturated/α-hetero) is 1. The van der Waals surface area contributed by atoms with Crippen molar-refractivity contribution in [2.75, 3.05) is 0 Å². The Morgan fingerprint density at radius 2 is 2.07 bits per heavy atom. The van der Waals surface area contributed by atoms with E-state index in [-0.39, 0.29) is 16.1 Å². The fourth-order valence-electron chi connectivity index (χ4n) is 1.24. The van der Waals surface area contributed by atoms with Gasteiger partial charge in [0.15, 0.2) is 17.4 Å². The number of hydrogen-bond donors (Lipinski definition) is 0. The first-order valence-corrected chi connectivity index (χ1v) is 5.02. The second-order valence-corrected chi connectivity index (χ2v) is 3.82. The van der Waals surface area contributed by atoms with Gasteiger partial charge < -0.3 is 0 Å². The quantitative estimate of drug-likeness (QED) is 0.720. The van der Waals surface area contributed by atoms with Gasteiger partial charge in [-0.15, -0.1) is 0 Å². The summed E-state index contributed by atoms with van der Waals surface area (Å²) in [6.45, 7) is 1.50. The smallest absolute Gasteiger partial charge is 0.295 e. The Morgan fingerprint density at radius 3 is 2.73 bits per heavy atom. The maximum atomic E-state index is 11.1. The molecule has 2 rings (SSSR count). The SMILES string of the molecule is CC(=O)c1ccc2nc([ClH+])c(Cl)nc2c1. The van der Waals surface area contributed by atoms with Crippen molar-refractivity contribution in [1.29, 1.82) is 0 Å². The number of aromatic nitrogens is 2. The van der Waals surface area contributed by atoms with E-state index in [4.69, 9.17) is 23.2 Å². The fraction of sp³-hybridized carbons (Fsp3) is 0.100. The zero-order valence-corrected chi connectivity index (χ0v) is 9.39. The molecule has 5 heteroatoms. The minimum atomic E-state index is -0.0164. The van der Waals surface area contributed by atoms with Gasteiger partial charge in [-0.3, -0.25) is 4.79 Å². The summed E-state index contributed by atoms with van der Waals surface area (Å²) in [5.41, 5.74) is 1.82. The maximum Gasteiger partial charge on any atom is 0.356 e. The molecular weight excluding hydrogens is 235 g/mol. The van der Waals surface area contributed by atoms with Crippen LogP contribution < -0.4 is 0 Å². The average molecular weight is 242 g/mol. The van der Waals surface area contributed by atoms with Crippen molar-refractivity contribution in [3.05, 3.63) is 34.1 Å². The van der Waals surface area contributed by atoms with E-state index in [0.717, 1.165) is 0 Å². The lowest BCUT2D eigenvalue weighted by atomic mass is 10.1. The number of rotatable bonds is 1. The Kier molecular flexibility index (Phi) is 2.59. The third kappa shape index (κ3) is 1.94. The van der Waals surface area contributed by atoms with Gasteiger partial charge in [0.2, 0.25) is 5.15 Å². The van der Waals surface area contributed by atoms with Crippen LogP contribution in [0, 0.1) is 11.6 Å². The third-order valence-electron chi connectivity index (χ3n) is 2.00. The van der Waals surface area contributed by atoms with Crippen molar-refractivity contribution < 1.29 is 16.4 Å². The molecule has 3 nitrogen and oxygen atoms in total. The second kappa shape index (κ2) is 3.76. The maximum absolute atomic E-state index is 11.1.